The Hall–Kier alpha value is -3.12. The SMILES string of the molecule is O=C(NCc1cccnc1N1CCOCC1)Nc1ccc2ccccc2c1. The summed E-state index contributed by atoms with van der Waals surface area (Å²) in [5.41, 5.74) is 1.76. The molecule has 2 aromatic carbocycles. The number of nitrogens with one attached hydrogen (secondary N) is 2. The predicted octanol–water partition coefficient (Wildman–Crippen LogP) is 3.39. The van der Waals surface area contributed by atoms with Crippen LogP contribution in [0.25, 0.3) is 10.8 Å². The third-order valence-corrected chi connectivity index (χ3v) is 4.62. The van der Waals surface area contributed by atoms with Gasteiger partial charge in [0.05, 0.1) is 13.2 Å². The highest BCUT2D eigenvalue weighted by atomic mass is 16.5. The molecule has 138 valence electrons. The average molecular weight is 362 g/mol. The first kappa shape index (κ1) is 17.3. The number of hydrogen-bond donors (Lipinski definition) is 2. The summed E-state index contributed by atoms with van der Waals surface area (Å²) < 4.78 is 5.41. The summed E-state index contributed by atoms with van der Waals surface area (Å²) in [5.74, 6) is 0.909. The molecule has 0 unspecified atom stereocenters. The molecule has 27 heavy (non-hydrogen) atoms. The fourth-order valence-electron chi connectivity index (χ4n) is 3.25. The van der Waals surface area contributed by atoms with E-state index >= 15 is 0 Å². The Kier molecular flexibility index (Phi) is 5.16. The number of urea groups is 1. The molecule has 1 aliphatic heterocycles. The van der Waals surface area contributed by atoms with E-state index in [0.29, 0.717) is 19.8 Å². The zero-order valence-corrected chi connectivity index (χ0v) is 15.0. The number of nitrogens with zero attached hydrogens (tertiary/aromatic N) is 2. The van der Waals surface area contributed by atoms with E-state index in [0.717, 1.165) is 40.9 Å². The summed E-state index contributed by atoms with van der Waals surface area (Å²) in [5, 5.41) is 8.07. The van der Waals surface area contributed by atoms with Gasteiger partial charge in [0.2, 0.25) is 0 Å². The van der Waals surface area contributed by atoms with Crippen molar-refractivity contribution in [2.24, 2.45) is 0 Å². The number of fused-ring (bicyclic) bond motifs is 1. The van der Waals surface area contributed by atoms with E-state index in [4.69, 9.17) is 4.74 Å². The second-order valence-electron chi connectivity index (χ2n) is 6.46. The monoisotopic (exact) mass is 362 g/mol. The highest BCUT2D eigenvalue weighted by molar-refractivity contribution is 5.93. The summed E-state index contributed by atoms with van der Waals surface area (Å²) in [4.78, 5) is 19.0. The average Bonchev–Trinajstić information content (AvgIpc) is 2.73. The molecule has 2 N–H and O–H groups in total. The molecule has 0 aliphatic carbocycles. The van der Waals surface area contributed by atoms with Gasteiger partial charge in [-0.25, -0.2) is 9.78 Å². The molecule has 3 aromatic rings. The van der Waals surface area contributed by atoms with Crippen LogP contribution in [0, 0.1) is 0 Å². The fraction of sp³-hybridized carbons (Fsp3) is 0.238. The molecular formula is C21H22N4O2. The number of morpholine rings is 1. The molecule has 2 heterocycles. The molecule has 4 rings (SSSR count). The lowest BCUT2D eigenvalue weighted by molar-refractivity contribution is 0.122. The van der Waals surface area contributed by atoms with Gasteiger partial charge >= 0.3 is 6.03 Å². The third kappa shape index (κ3) is 4.17. The van der Waals surface area contributed by atoms with E-state index in [2.05, 4.69) is 26.6 Å². The Morgan fingerprint density at radius 3 is 2.70 bits per heavy atom. The lowest BCUT2D eigenvalue weighted by atomic mass is 10.1. The van der Waals surface area contributed by atoms with Crippen LogP contribution in [0.2, 0.25) is 0 Å². The topological polar surface area (TPSA) is 66.5 Å². The lowest BCUT2D eigenvalue weighted by Crippen LogP contribution is -2.38. The largest absolute Gasteiger partial charge is 0.378 e. The maximum Gasteiger partial charge on any atom is 0.319 e. The van der Waals surface area contributed by atoms with Crippen LogP contribution < -0.4 is 15.5 Å². The highest BCUT2D eigenvalue weighted by Crippen LogP contribution is 2.20. The van der Waals surface area contributed by atoms with Crippen LogP contribution in [0.3, 0.4) is 0 Å². The van der Waals surface area contributed by atoms with Crippen LogP contribution in [0.1, 0.15) is 5.56 Å². The van der Waals surface area contributed by atoms with E-state index < -0.39 is 0 Å². The summed E-state index contributed by atoms with van der Waals surface area (Å²) in [6.45, 7) is 3.44. The zero-order valence-electron chi connectivity index (χ0n) is 15.0. The van der Waals surface area contributed by atoms with Crippen molar-refractivity contribution in [2.75, 3.05) is 36.5 Å². The molecule has 0 radical (unpaired) electrons. The van der Waals surface area contributed by atoms with E-state index in [1.54, 1.807) is 6.20 Å². The van der Waals surface area contributed by atoms with E-state index in [9.17, 15) is 4.79 Å². The standard InChI is InChI=1S/C21H22N4O2/c26-21(24-19-8-7-16-4-1-2-5-17(16)14-19)23-15-18-6-3-9-22-20(18)25-10-12-27-13-11-25/h1-9,14H,10-13,15H2,(H2,23,24,26). The summed E-state index contributed by atoms with van der Waals surface area (Å²) in [7, 11) is 0. The molecule has 0 spiro atoms. The van der Waals surface area contributed by atoms with Crippen molar-refractivity contribution in [1.82, 2.24) is 10.3 Å². The Balaban J connectivity index is 1.40. The minimum absolute atomic E-state index is 0.234. The lowest BCUT2D eigenvalue weighted by Gasteiger charge is -2.29. The first-order valence-corrected chi connectivity index (χ1v) is 9.10. The van der Waals surface area contributed by atoms with Gasteiger partial charge in [0.25, 0.3) is 0 Å². The molecular weight excluding hydrogens is 340 g/mol. The van der Waals surface area contributed by atoms with Gasteiger partial charge < -0.3 is 20.3 Å². The summed E-state index contributed by atoms with van der Waals surface area (Å²) >= 11 is 0. The summed E-state index contributed by atoms with van der Waals surface area (Å²) in [6, 6.07) is 17.6. The number of carbonyl (C=O) groups is 1. The van der Waals surface area contributed by atoms with Gasteiger partial charge in [0, 0.05) is 37.1 Å². The first-order chi connectivity index (χ1) is 13.3. The van der Waals surface area contributed by atoms with Crippen molar-refractivity contribution in [3.63, 3.8) is 0 Å². The van der Waals surface area contributed by atoms with Crippen molar-refractivity contribution in [3.05, 3.63) is 66.4 Å². The number of carbonyl (C=O) groups excluding carboxylic acids is 1. The molecule has 0 bridgehead atoms. The molecule has 0 saturated carbocycles. The van der Waals surface area contributed by atoms with Gasteiger partial charge in [-0.2, -0.15) is 0 Å². The maximum atomic E-state index is 12.3. The minimum Gasteiger partial charge on any atom is -0.378 e. The maximum absolute atomic E-state index is 12.3. The van der Waals surface area contributed by atoms with Crippen LogP contribution in [-0.2, 0) is 11.3 Å². The quantitative estimate of drug-likeness (QED) is 0.747. The second-order valence-corrected chi connectivity index (χ2v) is 6.46. The van der Waals surface area contributed by atoms with Gasteiger partial charge in [0.1, 0.15) is 5.82 Å². The van der Waals surface area contributed by atoms with Crippen molar-refractivity contribution in [3.8, 4) is 0 Å². The number of ether oxygens (including phenoxy) is 1. The molecule has 2 amide bonds. The fourth-order valence-corrected chi connectivity index (χ4v) is 3.25. The number of benzene rings is 2. The van der Waals surface area contributed by atoms with Gasteiger partial charge in [-0.3, -0.25) is 0 Å². The Morgan fingerprint density at radius 2 is 1.85 bits per heavy atom. The number of aromatic nitrogens is 1. The number of pyridine rings is 1. The molecule has 6 nitrogen and oxygen atoms in total. The molecule has 0 atom stereocenters. The Morgan fingerprint density at radius 1 is 1.04 bits per heavy atom. The highest BCUT2D eigenvalue weighted by Gasteiger charge is 2.16. The first-order valence-electron chi connectivity index (χ1n) is 9.10. The van der Waals surface area contributed by atoms with Gasteiger partial charge in [0.15, 0.2) is 0 Å². The molecule has 1 aromatic heterocycles. The minimum atomic E-state index is -0.234. The number of hydrogen-bond acceptors (Lipinski definition) is 4. The normalized spacial score (nSPS) is 14.1. The zero-order chi connectivity index (χ0) is 18.5. The smallest absolute Gasteiger partial charge is 0.319 e. The van der Waals surface area contributed by atoms with Crippen molar-refractivity contribution >= 4 is 28.3 Å². The van der Waals surface area contributed by atoms with Crippen molar-refractivity contribution < 1.29 is 9.53 Å². The van der Waals surface area contributed by atoms with E-state index in [-0.39, 0.29) is 6.03 Å². The van der Waals surface area contributed by atoms with Crippen LogP contribution >= 0.6 is 0 Å². The van der Waals surface area contributed by atoms with Crippen molar-refractivity contribution in [1.29, 1.82) is 0 Å². The third-order valence-electron chi connectivity index (χ3n) is 4.62. The number of amides is 2. The molecule has 1 saturated heterocycles. The van der Waals surface area contributed by atoms with Crippen LogP contribution in [0.5, 0.6) is 0 Å². The molecule has 6 heteroatoms. The van der Waals surface area contributed by atoms with E-state index in [1.807, 2.05) is 48.5 Å². The van der Waals surface area contributed by atoms with E-state index in [1.165, 1.54) is 0 Å². The van der Waals surface area contributed by atoms with Gasteiger partial charge in [-0.05, 0) is 29.0 Å². The summed E-state index contributed by atoms with van der Waals surface area (Å²) in [6.07, 6.45) is 1.78. The number of anilines is 2. The number of rotatable bonds is 4. The van der Waals surface area contributed by atoms with Gasteiger partial charge in [-0.1, -0.05) is 36.4 Å². The van der Waals surface area contributed by atoms with Crippen molar-refractivity contribution in [2.45, 2.75) is 6.54 Å². The molecule has 1 fully saturated rings. The second kappa shape index (κ2) is 8.05. The Bertz CT molecular complexity index is 938. The molecule has 1 aliphatic rings. The van der Waals surface area contributed by atoms with Crippen LogP contribution in [0.4, 0.5) is 16.3 Å². The van der Waals surface area contributed by atoms with Crippen LogP contribution in [-0.4, -0.2) is 37.3 Å². The van der Waals surface area contributed by atoms with Gasteiger partial charge in [-0.15, -0.1) is 0 Å². The van der Waals surface area contributed by atoms with Crippen LogP contribution in [0.15, 0.2) is 60.8 Å². The Labute approximate surface area is 158 Å². The predicted molar refractivity (Wildman–Crippen MR) is 107 cm³/mol.